The normalized spacial score (nSPS) is 11.5. The van der Waals surface area contributed by atoms with Crippen molar-refractivity contribution in [2.45, 2.75) is 24.6 Å². The van der Waals surface area contributed by atoms with Gasteiger partial charge in [-0.1, -0.05) is 92.0 Å². The zero-order chi connectivity index (χ0) is 44.0. The Labute approximate surface area is 377 Å². The molecule has 0 unspecified atom stereocenters. The molecule has 2 N–H and O–H groups in total. The third-order valence-electron chi connectivity index (χ3n) is 8.59. The van der Waals surface area contributed by atoms with Gasteiger partial charge >= 0.3 is 12.2 Å². The molecule has 19 heteroatoms. The highest BCUT2D eigenvalue weighted by atomic mass is 35.6. The number of amides is 2. The lowest BCUT2D eigenvalue weighted by atomic mass is 9.99. The number of nitrogens with zero attached hydrogens (tertiary/aromatic N) is 6. The number of hydrogen-bond donors (Lipinski definition) is 2. The predicted octanol–water partition coefficient (Wildman–Crippen LogP) is 10.9. The van der Waals surface area contributed by atoms with Gasteiger partial charge in [-0.25, -0.2) is 28.6 Å². The van der Waals surface area contributed by atoms with Crippen molar-refractivity contribution in [3.05, 3.63) is 141 Å². The number of ketones is 2. The molecule has 8 rings (SSSR count). The Morgan fingerprint density at radius 2 is 1.08 bits per heavy atom. The predicted molar refractivity (Wildman–Crippen MR) is 242 cm³/mol. The molecule has 8 aromatic rings. The quantitative estimate of drug-likeness (QED) is 0.0993. The van der Waals surface area contributed by atoms with E-state index in [1.165, 1.54) is 28.9 Å². The van der Waals surface area contributed by atoms with E-state index in [0.29, 0.717) is 55.9 Å². The van der Waals surface area contributed by atoms with Crippen molar-refractivity contribution in [2.24, 2.45) is 5.41 Å². The van der Waals surface area contributed by atoms with E-state index in [0.717, 1.165) is 16.8 Å². The summed E-state index contributed by atoms with van der Waals surface area (Å²) in [6, 6.07) is 25.2. The van der Waals surface area contributed by atoms with Gasteiger partial charge in [-0.3, -0.25) is 20.2 Å². The first-order valence-corrected chi connectivity index (χ1v) is 21.5. The molecule has 0 spiro atoms. The lowest BCUT2D eigenvalue weighted by Gasteiger charge is -2.18. The Balaban J connectivity index is 0.000000186. The number of halogens is 3. The van der Waals surface area contributed by atoms with Crippen molar-refractivity contribution >= 4 is 104 Å². The summed E-state index contributed by atoms with van der Waals surface area (Å²) in [4.78, 5) is 59.6. The molecule has 316 valence electrons. The molecular formula is C43H35Cl3N8O6S2. The van der Waals surface area contributed by atoms with E-state index in [1.807, 2.05) is 74.0 Å². The van der Waals surface area contributed by atoms with Crippen LogP contribution in [0.1, 0.15) is 51.2 Å². The number of carbonyl (C=O) groups is 4. The Bertz CT molecular complexity index is 2690. The molecule has 0 aliphatic rings. The van der Waals surface area contributed by atoms with Gasteiger partial charge in [-0.05, 0) is 64.7 Å². The highest BCUT2D eigenvalue weighted by Crippen LogP contribution is 2.29. The molecule has 2 amide bonds. The van der Waals surface area contributed by atoms with Gasteiger partial charge in [0.2, 0.25) is 15.4 Å². The maximum atomic E-state index is 12.8. The monoisotopic (exact) mass is 928 g/mol. The second-order valence-electron chi connectivity index (χ2n) is 14.6. The Kier molecular flexibility index (Phi) is 13.3. The topological polar surface area (TPSA) is 171 Å². The molecule has 0 saturated carbocycles. The van der Waals surface area contributed by atoms with Gasteiger partial charge in [-0.15, -0.1) is 22.7 Å². The number of alkyl halides is 3. The molecule has 6 aromatic heterocycles. The number of fused-ring (bicyclic) bond motifs is 2. The number of anilines is 2. The molecule has 0 saturated heterocycles. The van der Waals surface area contributed by atoms with Crippen LogP contribution >= 0.6 is 57.5 Å². The van der Waals surface area contributed by atoms with Gasteiger partial charge < -0.3 is 9.47 Å². The highest BCUT2D eigenvalue weighted by molar-refractivity contribution is 7.12. The SMILES string of the molecule is CC(C)(C)COC(=O)Nc1cccc(-c2ccnc3c(C(=O)c4cccs4)cnn23)c1.O=C(Nc1cccc(-c2ccnc3c(C(=O)c4cccs4)cnn23)c1)OCC(Cl)(Cl)Cl. The van der Waals surface area contributed by atoms with E-state index in [4.69, 9.17) is 44.3 Å². The maximum Gasteiger partial charge on any atom is 0.411 e. The summed E-state index contributed by atoms with van der Waals surface area (Å²) in [7, 11) is 0. The molecule has 0 aliphatic heterocycles. The molecule has 0 fully saturated rings. The number of carbonyl (C=O) groups excluding carboxylic acids is 4. The molecule has 0 aliphatic carbocycles. The van der Waals surface area contributed by atoms with E-state index in [-0.39, 0.29) is 23.6 Å². The number of aromatic nitrogens is 6. The van der Waals surface area contributed by atoms with Crippen LogP contribution in [0, 0.1) is 5.41 Å². The average molecular weight is 930 g/mol. The van der Waals surface area contributed by atoms with Gasteiger partial charge in [0.05, 0.1) is 51.3 Å². The number of thiophene rings is 2. The molecule has 0 atom stereocenters. The van der Waals surface area contributed by atoms with E-state index >= 15 is 0 Å². The minimum absolute atomic E-state index is 0.105. The van der Waals surface area contributed by atoms with Crippen molar-refractivity contribution in [1.82, 2.24) is 29.2 Å². The smallest absolute Gasteiger partial charge is 0.411 e. The van der Waals surface area contributed by atoms with E-state index in [2.05, 4.69) is 30.8 Å². The number of nitrogens with one attached hydrogen (secondary N) is 2. The first-order chi connectivity index (χ1) is 29.6. The van der Waals surface area contributed by atoms with E-state index in [1.54, 1.807) is 70.1 Å². The Morgan fingerprint density at radius 1 is 0.629 bits per heavy atom. The van der Waals surface area contributed by atoms with Crippen molar-refractivity contribution in [1.29, 1.82) is 0 Å². The fraction of sp³-hybridized carbons (Fsp3) is 0.163. The summed E-state index contributed by atoms with van der Waals surface area (Å²) in [6.07, 6.45) is 5.03. The molecule has 62 heavy (non-hydrogen) atoms. The van der Waals surface area contributed by atoms with Crippen molar-refractivity contribution in [3.63, 3.8) is 0 Å². The minimum atomic E-state index is -1.69. The molecular weight excluding hydrogens is 895 g/mol. The summed E-state index contributed by atoms with van der Waals surface area (Å²) >= 11 is 19.5. The van der Waals surface area contributed by atoms with Gasteiger partial charge in [0.25, 0.3) is 0 Å². The highest BCUT2D eigenvalue weighted by Gasteiger charge is 2.23. The van der Waals surface area contributed by atoms with Crippen molar-refractivity contribution in [3.8, 4) is 22.5 Å². The van der Waals surface area contributed by atoms with Gasteiger partial charge in [0.1, 0.15) is 6.61 Å². The van der Waals surface area contributed by atoms with Crippen LogP contribution in [0.15, 0.2) is 120 Å². The molecule has 0 radical (unpaired) electrons. The molecule has 0 bridgehead atoms. The standard InChI is InChI=1S/C23H22N4O3S.C20H13Cl3N4O3S/c1-23(2,3)14-30-22(29)26-16-7-4-6-15(12-16)18-9-10-24-21-17(13-25-27(18)21)20(28)19-8-5-11-31-19;21-20(22,23)11-30-19(29)26-13-4-1-3-12(9-13)15-6-7-24-18-14(10-25-27(15)18)17(28)16-5-2-8-31-16/h4-13H,14H2,1-3H3,(H,26,29);1-10H,11H2,(H,26,29). The molecule has 14 nitrogen and oxygen atoms in total. The van der Waals surface area contributed by atoms with Crippen LogP contribution in [0.4, 0.5) is 21.0 Å². The van der Waals surface area contributed by atoms with E-state index in [9.17, 15) is 19.2 Å². The summed E-state index contributed by atoms with van der Waals surface area (Å²) < 4.78 is 11.7. The maximum absolute atomic E-state index is 12.8. The number of rotatable bonds is 10. The lowest BCUT2D eigenvalue weighted by molar-refractivity contribution is 0.103. The minimum Gasteiger partial charge on any atom is -0.449 e. The lowest BCUT2D eigenvalue weighted by Crippen LogP contribution is -2.21. The van der Waals surface area contributed by atoms with Gasteiger partial charge in [0, 0.05) is 34.9 Å². The Hall–Kier alpha value is -6.17. The van der Waals surface area contributed by atoms with Crippen LogP contribution in [-0.4, -0.2) is 70.0 Å². The largest absolute Gasteiger partial charge is 0.449 e. The summed E-state index contributed by atoms with van der Waals surface area (Å²) in [5.41, 5.74) is 5.75. The second kappa shape index (κ2) is 18.8. The molecule has 6 heterocycles. The van der Waals surface area contributed by atoms with Crippen LogP contribution in [0.5, 0.6) is 0 Å². The third-order valence-corrected chi connectivity index (χ3v) is 10.7. The second-order valence-corrected chi connectivity index (χ2v) is 19.0. The number of hydrogen-bond acceptors (Lipinski definition) is 12. The first kappa shape index (κ1) is 43.9. The average Bonchev–Trinajstić information content (AvgIpc) is 4.09. The van der Waals surface area contributed by atoms with Crippen molar-refractivity contribution < 1.29 is 28.7 Å². The van der Waals surface area contributed by atoms with Gasteiger partial charge in [-0.2, -0.15) is 10.2 Å². The Morgan fingerprint density at radius 3 is 1.48 bits per heavy atom. The first-order valence-electron chi connectivity index (χ1n) is 18.6. The fourth-order valence-corrected chi connectivity index (χ4v) is 7.39. The zero-order valence-corrected chi connectivity index (χ0v) is 36.9. The fourth-order valence-electron chi connectivity index (χ4n) is 5.87. The van der Waals surface area contributed by atoms with E-state index < -0.39 is 16.0 Å². The summed E-state index contributed by atoms with van der Waals surface area (Å²) in [5, 5.41) is 17.8. The number of ether oxygens (including phenoxy) is 2. The zero-order valence-electron chi connectivity index (χ0n) is 33.0. The van der Waals surface area contributed by atoms with Crippen LogP contribution in [0.25, 0.3) is 33.8 Å². The van der Waals surface area contributed by atoms with Crippen molar-refractivity contribution in [2.75, 3.05) is 23.8 Å². The summed E-state index contributed by atoms with van der Waals surface area (Å²) in [5.74, 6) is -0.242. The number of benzene rings is 2. The van der Waals surface area contributed by atoms with Crippen LogP contribution in [0.2, 0.25) is 0 Å². The van der Waals surface area contributed by atoms with Crippen LogP contribution < -0.4 is 10.6 Å². The molecule has 2 aromatic carbocycles. The van der Waals surface area contributed by atoms with Gasteiger partial charge in [0.15, 0.2) is 11.3 Å². The van der Waals surface area contributed by atoms with Crippen LogP contribution in [-0.2, 0) is 9.47 Å². The summed E-state index contributed by atoms with van der Waals surface area (Å²) in [6.45, 7) is 5.92. The third kappa shape index (κ3) is 10.8. The van der Waals surface area contributed by atoms with Crippen LogP contribution in [0.3, 0.4) is 0 Å².